The quantitative estimate of drug-likeness (QED) is 0.758. The van der Waals surface area contributed by atoms with Gasteiger partial charge in [-0.25, -0.2) is 9.78 Å². The van der Waals surface area contributed by atoms with Crippen LogP contribution in [0, 0.1) is 0 Å². The Kier molecular flexibility index (Phi) is 5.20. The van der Waals surface area contributed by atoms with Crippen molar-refractivity contribution < 1.29 is 23.9 Å². The van der Waals surface area contributed by atoms with Crippen molar-refractivity contribution in [2.45, 2.75) is 6.92 Å². The number of nitrogens with zero attached hydrogens (tertiary/aromatic N) is 2. The number of amides is 2. The highest BCUT2D eigenvalue weighted by atomic mass is 16.5. The first-order chi connectivity index (χ1) is 13.0. The minimum Gasteiger partial charge on any atom is -0.480 e. The summed E-state index contributed by atoms with van der Waals surface area (Å²) in [6, 6.07) is 9.40. The average Bonchev–Trinajstić information content (AvgIpc) is 2.65. The van der Waals surface area contributed by atoms with Gasteiger partial charge in [-0.1, -0.05) is 0 Å². The van der Waals surface area contributed by atoms with Crippen LogP contribution < -0.4 is 20.7 Å². The molecule has 0 spiro atoms. The van der Waals surface area contributed by atoms with E-state index in [1.165, 1.54) is 4.90 Å². The average molecular weight is 370 g/mol. The number of carbonyl (C=O) groups is 3. The number of nitrogens with one attached hydrogen (secondary N) is 1. The monoisotopic (exact) mass is 370 g/mol. The minimum atomic E-state index is -0.436. The van der Waals surface area contributed by atoms with Gasteiger partial charge in [-0.3, -0.25) is 14.5 Å². The van der Waals surface area contributed by atoms with E-state index in [2.05, 4.69) is 10.3 Å². The number of esters is 1. The fraction of sp³-hybridized carbons (Fsp3) is 0.222. The van der Waals surface area contributed by atoms with Gasteiger partial charge >= 0.3 is 5.97 Å². The molecule has 3 N–H and O–H groups in total. The lowest BCUT2D eigenvalue weighted by molar-refractivity contribution is -0.123. The summed E-state index contributed by atoms with van der Waals surface area (Å²) in [7, 11) is 0. The van der Waals surface area contributed by atoms with Crippen LogP contribution in [0.15, 0.2) is 36.4 Å². The summed E-state index contributed by atoms with van der Waals surface area (Å²) in [6.45, 7) is 1.58. The first-order valence-corrected chi connectivity index (χ1v) is 8.24. The van der Waals surface area contributed by atoms with Crippen molar-refractivity contribution >= 4 is 35.1 Å². The standard InChI is InChI=1S/C18H18N4O5/c1-2-26-18(25)11-3-5-12(6-4-11)20-15(23)9-22-16(24)10-27-13-7-8-14(19)21-17(13)22/h3-8H,2,9-10H2,1H3,(H2,19,21)(H,20,23). The maximum atomic E-state index is 12.3. The molecule has 3 rings (SSSR count). The number of benzene rings is 1. The molecule has 9 nitrogen and oxygen atoms in total. The lowest BCUT2D eigenvalue weighted by atomic mass is 10.2. The molecule has 140 valence electrons. The number of ether oxygens (including phenoxy) is 2. The van der Waals surface area contributed by atoms with E-state index in [0.29, 0.717) is 17.0 Å². The fourth-order valence-electron chi connectivity index (χ4n) is 2.50. The number of nitrogens with two attached hydrogens (primary N) is 1. The van der Waals surface area contributed by atoms with Crippen LogP contribution in [0.1, 0.15) is 17.3 Å². The van der Waals surface area contributed by atoms with Gasteiger partial charge in [0, 0.05) is 5.69 Å². The summed E-state index contributed by atoms with van der Waals surface area (Å²) >= 11 is 0. The Bertz CT molecular complexity index is 882. The van der Waals surface area contributed by atoms with Crippen molar-refractivity contribution in [2.24, 2.45) is 0 Å². The van der Waals surface area contributed by atoms with Gasteiger partial charge in [-0.2, -0.15) is 0 Å². The molecule has 2 amide bonds. The molecule has 2 aromatic rings. The number of hydrogen-bond acceptors (Lipinski definition) is 7. The fourth-order valence-corrected chi connectivity index (χ4v) is 2.50. The molecule has 0 bridgehead atoms. The molecule has 1 aromatic heterocycles. The molecule has 0 saturated heterocycles. The lowest BCUT2D eigenvalue weighted by Gasteiger charge is -2.27. The molecule has 27 heavy (non-hydrogen) atoms. The van der Waals surface area contributed by atoms with Crippen molar-refractivity contribution in [1.82, 2.24) is 4.98 Å². The normalized spacial score (nSPS) is 12.8. The third-order valence-electron chi connectivity index (χ3n) is 3.75. The van der Waals surface area contributed by atoms with Crippen LogP contribution in [0.2, 0.25) is 0 Å². The maximum Gasteiger partial charge on any atom is 0.338 e. The second-order valence-corrected chi connectivity index (χ2v) is 5.67. The predicted octanol–water partition coefficient (Wildman–Crippen LogP) is 1.20. The van der Waals surface area contributed by atoms with Crippen LogP contribution in [0.4, 0.5) is 17.3 Å². The molecule has 0 atom stereocenters. The Morgan fingerprint density at radius 3 is 2.70 bits per heavy atom. The van der Waals surface area contributed by atoms with Crippen LogP contribution in [0.3, 0.4) is 0 Å². The molecule has 9 heteroatoms. The summed E-state index contributed by atoms with van der Waals surface area (Å²) in [4.78, 5) is 41.4. The van der Waals surface area contributed by atoms with E-state index in [0.717, 1.165) is 0 Å². The van der Waals surface area contributed by atoms with E-state index in [1.807, 2.05) is 0 Å². The molecule has 0 saturated carbocycles. The molecule has 0 fully saturated rings. The Morgan fingerprint density at radius 1 is 1.26 bits per heavy atom. The Hall–Kier alpha value is -3.62. The van der Waals surface area contributed by atoms with Gasteiger partial charge < -0.3 is 20.5 Å². The number of nitrogen functional groups attached to an aromatic ring is 1. The summed E-state index contributed by atoms with van der Waals surface area (Å²) in [5.41, 5.74) is 6.52. The zero-order valence-electron chi connectivity index (χ0n) is 14.6. The van der Waals surface area contributed by atoms with Gasteiger partial charge in [-0.15, -0.1) is 0 Å². The van der Waals surface area contributed by atoms with Crippen molar-refractivity contribution in [1.29, 1.82) is 0 Å². The van der Waals surface area contributed by atoms with Crippen LogP contribution >= 0.6 is 0 Å². The lowest BCUT2D eigenvalue weighted by Crippen LogP contribution is -2.44. The first kappa shape index (κ1) is 18.2. The van der Waals surface area contributed by atoms with E-state index >= 15 is 0 Å². The summed E-state index contributed by atoms with van der Waals surface area (Å²) in [5, 5.41) is 2.67. The number of anilines is 3. The van der Waals surface area contributed by atoms with Gasteiger partial charge in [0.15, 0.2) is 18.2 Å². The zero-order chi connectivity index (χ0) is 19.4. The minimum absolute atomic E-state index is 0.180. The molecular formula is C18H18N4O5. The summed E-state index contributed by atoms with van der Waals surface area (Å²) < 4.78 is 10.2. The molecule has 1 aromatic carbocycles. The second kappa shape index (κ2) is 7.73. The second-order valence-electron chi connectivity index (χ2n) is 5.67. The number of carbonyl (C=O) groups excluding carboxylic acids is 3. The molecule has 1 aliphatic heterocycles. The van der Waals surface area contributed by atoms with E-state index < -0.39 is 17.8 Å². The topological polar surface area (TPSA) is 124 Å². The predicted molar refractivity (Wildman–Crippen MR) is 97.5 cm³/mol. The van der Waals surface area contributed by atoms with E-state index in [4.69, 9.17) is 15.2 Å². The van der Waals surface area contributed by atoms with Gasteiger partial charge in [-0.05, 0) is 43.3 Å². The van der Waals surface area contributed by atoms with E-state index in [9.17, 15) is 14.4 Å². The number of fused-ring (bicyclic) bond motifs is 1. The summed E-state index contributed by atoms with van der Waals surface area (Å²) in [5.74, 6) is -0.450. The highest BCUT2D eigenvalue weighted by molar-refractivity contribution is 6.04. The smallest absolute Gasteiger partial charge is 0.338 e. The number of rotatable bonds is 5. The molecule has 2 heterocycles. The van der Waals surface area contributed by atoms with Crippen molar-refractivity contribution in [3.05, 3.63) is 42.0 Å². The van der Waals surface area contributed by atoms with Crippen LogP contribution in [-0.4, -0.2) is 42.5 Å². The maximum absolute atomic E-state index is 12.3. The Morgan fingerprint density at radius 2 is 2.00 bits per heavy atom. The molecule has 0 unspecified atom stereocenters. The van der Waals surface area contributed by atoms with Gasteiger partial charge in [0.2, 0.25) is 5.91 Å². The third kappa shape index (κ3) is 4.14. The first-order valence-electron chi connectivity index (χ1n) is 8.24. The highest BCUT2D eigenvalue weighted by Crippen LogP contribution is 2.30. The molecule has 0 radical (unpaired) electrons. The molecule has 0 aliphatic carbocycles. The van der Waals surface area contributed by atoms with E-state index in [-0.39, 0.29) is 31.4 Å². The van der Waals surface area contributed by atoms with Crippen LogP contribution in [0.25, 0.3) is 0 Å². The third-order valence-corrected chi connectivity index (χ3v) is 3.75. The zero-order valence-corrected chi connectivity index (χ0v) is 14.6. The highest BCUT2D eigenvalue weighted by Gasteiger charge is 2.29. The van der Waals surface area contributed by atoms with E-state index in [1.54, 1.807) is 43.3 Å². The van der Waals surface area contributed by atoms with Crippen molar-refractivity contribution in [3.63, 3.8) is 0 Å². The Balaban J connectivity index is 1.68. The van der Waals surface area contributed by atoms with Crippen molar-refractivity contribution in [3.8, 4) is 5.75 Å². The Labute approximate surface area is 155 Å². The largest absolute Gasteiger partial charge is 0.480 e. The van der Waals surface area contributed by atoms with Gasteiger partial charge in [0.1, 0.15) is 12.4 Å². The SMILES string of the molecule is CCOC(=O)c1ccc(NC(=O)CN2C(=O)COc3ccc(N)nc32)cc1. The number of aromatic nitrogens is 1. The van der Waals surface area contributed by atoms with Crippen molar-refractivity contribution in [2.75, 3.05) is 35.7 Å². The van der Waals surface area contributed by atoms with Crippen LogP contribution in [-0.2, 0) is 14.3 Å². The van der Waals surface area contributed by atoms with Crippen LogP contribution in [0.5, 0.6) is 5.75 Å². The number of hydrogen-bond donors (Lipinski definition) is 2. The van der Waals surface area contributed by atoms with Gasteiger partial charge in [0.25, 0.3) is 5.91 Å². The van der Waals surface area contributed by atoms with Gasteiger partial charge in [0.05, 0.1) is 12.2 Å². The summed E-state index contributed by atoms with van der Waals surface area (Å²) in [6.07, 6.45) is 0. The molecular weight excluding hydrogens is 352 g/mol. The molecule has 1 aliphatic rings. The number of pyridine rings is 1.